The van der Waals surface area contributed by atoms with E-state index in [4.69, 9.17) is 28.3 Å². The van der Waals surface area contributed by atoms with E-state index in [0.717, 1.165) is 15.6 Å². The minimum absolute atomic E-state index is 0.0647. The molecule has 1 aromatic heterocycles. The van der Waals surface area contributed by atoms with Gasteiger partial charge < -0.3 is 5.11 Å². The average Bonchev–Trinajstić information content (AvgIpc) is 2.57. The van der Waals surface area contributed by atoms with Crippen molar-refractivity contribution in [3.8, 4) is 0 Å². The summed E-state index contributed by atoms with van der Waals surface area (Å²) in [5, 5.41) is 8.76. The number of sulfonamides is 1. The number of carboxylic acids is 1. The molecular formula is C9H11Cl2NO4S2. The third-order valence-corrected chi connectivity index (χ3v) is 5.84. The summed E-state index contributed by atoms with van der Waals surface area (Å²) in [6.45, 7) is 1.29. The van der Waals surface area contributed by atoms with Crippen LogP contribution in [0.5, 0.6) is 0 Å². The Labute approximate surface area is 119 Å². The highest BCUT2D eigenvalue weighted by Crippen LogP contribution is 2.35. The van der Waals surface area contributed by atoms with Gasteiger partial charge in [0.2, 0.25) is 10.0 Å². The molecule has 0 bridgehead atoms. The quantitative estimate of drug-likeness (QED) is 0.898. The summed E-state index contributed by atoms with van der Waals surface area (Å²) < 4.78 is 25.5. The molecule has 18 heavy (non-hydrogen) atoms. The minimum atomic E-state index is -3.81. The van der Waals surface area contributed by atoms with Crippen molar-refractivity contribution in [2.45, 2.75) is 11.8 Å². The molecule has 0 fully saturated rings. The van der Waals surface area contributed by atoms with E-state index in [9.17, 15) is 13.2 Å². The Morgan fingerprint density at radius 2 is 2.11 bits per heavy atom. The lowest BCUT2D eigenvalue weighted by molar-refractivity contribution is -0.141. The second kappa shape index (κ2) is 5.75. The summed E-state index contributed by atoms with van der Waals surface area (Å²) in [6.07, 6.45) is 0. The van der Waals surface area contributed by atoms with Gasteiger partial charge in [0, 0.05) is 13.6 Å². The monoisotopic (exact) mass is 331 g/mol. The molecule has 9 heteroatoms. The molecular weight excluding hydrogens is 321 g/mol. The van der Waals surface area contributed by atoms with Crippen LogP contribution < -0.4 is 0 Å². The van der Waals surface area contributed by atoms with Gasteiger partial charge in [0.05, 0.1) is 10.3 Å². The molecule has 5 nitrogen and oxygen atoms in total. The molecule has 0 aliphatic heterocycles. The smallest absolute Gasteiger partial charge is 0.307 e. The van der Waals surface area contributed by atoms with Crippen LogP contribution in [0, 0.1) is 5.92 Å². The second-order valence-electron chi connectivity index (χ2n) is 3.71. The van der Waals surface area contributed by atoms with E-state index in [1.165, 1.54) is 20.0 Å². The van der Waals surface area contributed by atoms with Gasteiger partial charge in [0.25, 0.3) is 0 Å². The summed E-state index contributed by atoms with van der Waals surface area (Å²) in [5.74, 6) is -1.87. The third kappa shape index (κ3) is 3.36. The number of hydrogen-bond acceptors (Lipinski definition) is 4. The molecule has 1 atom stereocenters. The van der Waals surface area contributed by atoms with Crippen molar-refractivity contribution in [2.75, 3.05) is 13.6 Å². The molecule has 1 heterocycles. The van der Waals surface area contributed by atoms with Crippen LogP contribution in [0.3, 0.4) is 0 Å². The van der Waals surface area contributed by atoms with Gasteiger partial charge in [-0.2, -0.15) is 0 Å². The van der Waals surface area contributed by atoms with Crippen molar-refractivity contribution >= 4 is 50.5 Å². The Balaban J connectivity index is 3.00. The van der Waals surface area contributed by atoms with Gasteiger partial charge in [0.1, 0.15) is 9.23 Å². The Hall–Kier alpha value is -0.340. The molecule has 1 N–H and O–H groups in total. The number of halogens is 2. The predicted molar refractivity (Wildman–Crippen MR) is 71.0 cm³/mol. The number of rotatable bonds is 5. The van der Waals surface area contributed by atoms with Crippen LogP contribution in [-0.2, 0) is 14.8 Å². The van der Waals surface area contributed by atoms with Crippen LogP contribution in [0.25, 0.3) is 0 Å². The molecule has 0 aliphatic rings. The fourth-order valence-electron chi connectivity index (χ4n) is 1.23. The second-order valence-corrected chi connectivity index (χ2v) is 8.01. The first-order valence-corrected chi connectivity index (χ1v) is 7.81. The molecule has 0 spiro atoms. The lowest BCUT2D eigenvalue weighted by Crippen LogP contribution is -2.33. The average molecular weight is 332 g/mol. The first kappa shape index (κ1) is 15.7. The van der Waals surface area contributed by atoms with Crippen molar-refractivity contribution in [1.82, 2.24) is 4.31 Å². The maximum Gasteiger partial charge on any atom is 0.307 e. The topological polar surface area (TPSA) is 74.7 Å². The van der Waals surface area contributed by atoms with E-state index in [1.807, 2.05) is 0 Å². The molecule has 1 unspecified atom stereocenters. The Morgan fingerprint density at radius 3 is 2.50 bits per heavy atom. The summed E-state index contributed by atoms with van der Waals surface area (Å²) in [4.78, 5) is 10.6. The normalized spacial score (nSPS) is 13.8. The van der Waals surface area contributed by atoms with Crippen molar-refractivity contribution in [3.63, 3.8) is 0 Å². The van der Waals surface area contributed by atoms with E-state index in [1.54, 1.807) is 0 Å². The van der Waals surface area contributed by atoms with Crippen molar-refractivity contribution in [1.29, 1.82) is 0 Å². The number of aliphatic carboxylic acids is 1. The zero-order valence-corrected chi connectivity index (χ0v) is 12.7. The fourth-order valence-corrected chi connectivity index (χ4v) is 4.60. The van der Waals surface area contributed by atoms with E-state index >= 15 is 0 Å². The van der Waals surface area contributed by atoms with Crippen molar-refractivity contribution in [3.05, 3.63) is 14.7 Å². The maximum absolute atomic E-state index is 12.1. The van der Waals surface area contributed by atoms with Gasteiger partial charge in [0.15, 0.2) is 0 Å². The number of carbonyl (C=O) groups is 1. The summed E-state index contributed by atoms with van der Waals surface area (Å²) in [7, 11) is -2.51. The van der Waals surface area contributed by atoms with E-state index in [-0.39, 0.29) is 20.1 Å². The standard InChI is InChI=1S/C9H11Cl2NO4S2/c1-5(9(13)14)4-12(2)18(15,16)6-3-7(10)17-8(6)11/h3,5H,4H2,1-2H3,(H,13,14). The number of nitrogens with zero attached hydrogens (tertiary/aromatic N) is 1. The highest BCUT2D eigenvalue weighted by Gasteiger charge is 2.28. The predicted octanol–water partition coefficient (Wildman–Crippen LogP) is 2.40. The first-order valence-electron chi connectivity index (χ1n) is 4.80. The van der Waals surface area contributed by atoms with Gasteiger partial charge in [-0.3, -0.25) is 4.79 Å². The SMILES string of the molecule is CC(CN(C)S(=O)(=O)c1cc(Cl)sc1Cl)C(=O)O. The minimum Gasteiger partial charge on any atom is -0.481 e. The Bertz CT molecular complexity index is 555. The molecule has 0 amide bonds. The van der Waals surface area contributed by atoms with Gasteiger partial charge in [-0.15, -0.1) is 11.3 Å². The Kier molecular flexibility index (Phi) is 5.02. The summed E-state index contributed by atoms with van der Waals surface area (Å²) in [5.41, 5.74) is 0. The largest absolute Gasteiger partial charge is 0.481 e. The zero-order chi connectivity index (χ0) is 14.1. The lowest BCUT2D eigenvalue weighted by Gasteiger charge is -2.18. The van der Waals surface area contributed by atoms with Crippen LogP contribution in [-0.4, -0.2) is 37.4 Å². The van der Waals surface area contributed by atoms with Gasteiger partial charge in [-0.05, 0) is 6.07 Å². The summed E-state index contributed by atoms with van der Waals surface area (Å²) in [6, 6.07) is 1.26. The van der Waals surface area contributed by atoms with Gasteiger partial charge in [-0.1, -0.05) is 30.1 Å². The van der Waals surface area contributed by atoms with E-state index < -0.39 is 21.9 Å². The molecule has 1 aromatic rings. The Morgan fingerprint density at radius 1 is 1.56 bits per heavy atom. The van der Waals surface area contributed by atoms with Crippen LogP contribution >= 0.6 is 34.5 Å². The van der Waals surface area contributed by atoms with Crippen molar-refractivity contribution in [2.24, 2.45) is 5.92 Å². The number of carboxylic acid groups (broad SMARTS) is 1. The van der Waals surface area contributed by atoms with Crippen molar-refractivity contribution < 1.29 is 18.3 Å². The maximum atomic E-state index is 12.1. The first-order chi connectivity index (χ1) is 8.16. The molecule has 1 rings (SSSR count). The van der Waals surface area contributed by atoms with E-state index in [2.05, 4.69) is 0 Å². The van der Waals surface area contributed by atoms with Crippen LogP contribution in [0.15, 0.2) is 11.0 Å². The van der Waals surface area contributed by atoms with E-state index in [0.29, 0.717) is 0 Å². The molecule has 0 saturated heterocycles. The van der Waals surface area contributed by atoms with Crippen LogP contribution in [0.4, 0.5) is 0 Å². The van der Waals surface area contributed by atoms with Gasteiger partial charge in [-0.25, -0.2) is 12.7 Å². The molecule has 0 aliphatic carbocycles. The molecule has 102 valence electrons. The molecule has 0 saturated carbocycles. The highest BCUT2D eigenvalue weighted by atomic mass is 35.5. The third-order valence-electron chi connectivity index (χ3n) is 2.27. The summed E-state index contributed by atoms with van der Waals surface area (Å²) >= 11 is 12.4. The molecule has 0 aromatic carbocycles. The number of thiophene rings is 1. The zero-order valence-electron chi connectivity index (χ0n) is 9.55. The van der Waals surface area contributed by atoms with Crippen LogP contribution in [0.1, 0.15) is 6.92 Å². The molecule has 0 radical (unpaired) electrons. The van der Waals surface area contributed by atoms with Gasteiger partial charge >= 0.3 is 5.97 Å². The highest BCUT2D eigenvalue weighted by molar-refractivity contribution is 7.89. The van der Waals surface area contributed by atoms with Crippen LogP contribution in [0.2, 0.25) is 8.67 Å². The lowest BCUT2D eigenvalue weighted by atomic mass is 10.2. The number of hydrogen-bond donors (Lipinski definition) is 1. The fraction of sp³-hybridized carbons (Fsp3) is 0.444.